The molecule has 2 atom stereocenters. The first-order chi connectivity index (χ1) is 17.3. The Labute approximate surface area is 214 Å². The van der Waals surface area contributed by atoms with Gasteiger partial charge < -0.3 is 10.2 Å². The summed E-state index contributed by atoms with van der Waals surface area (Å²) in [5.41, 5.74) is 2.19. The van der Waals surface area contributed by atoms with Crippen LogP contribution in [-0.2, 0) is 10.7 Å². The lowest BCUT2D eigenvalue weighted by atomic mass is 10.0. The molecule has 36 heavy (non-hydrogen) atoms. The van der Waals surface area contributed by atoms with Gasteiger partial charge >= 0.3 is 0 Å². The van der Waals surface area contributed by atoms with Crippen LogP contribution in [0.3, 0.4) is 0 Å². The fraction of sp³-hybridized carbons (Fsp3) is 0.310. The lowest BCUT2D eigenvalue weighted by Crippen LogP contribution is -2.47. The van der Waals surface area contributed by atoms with Gasteiger partial charge in [0.1, 0.15) is 11.6 Å². The summed E-state index contributed by atoms with van der Waals surface area (Å²) < 4.78 is 28.6. The number of alkyl halides is 2. The zero-order valence-corrected chi connectivity index (χ0v) is 20.8. The van der Waals surface area contributed by atoms with Crippen molar-refractivity contribution in [1.29, 1.82) is 5.26 Å². The minimum Gasteiger partial charge on any atom is -0.358 e. The highest BCUT2D eigenvalue weighted by Gasteiger charge is 2.48. The fourth-order valence-electron chi connectivity index (χ4n) is 4.80. The highest BCUT2D eigenvalue weighted by molar-refractivity contribution is 8.00. The van der Waals surface area contributed by atoms with E-state index in [2.05, 4.69) is 16.3 Å². The van der Waals surface area contributed by atoms with Crippen molar-refractivity contribution in [2.24, 2.45) is 0 Å². The van der Waals surface area contributed by atoms with Gasteiger partial charge in [0, 0.05) is 40.4 Å². The van der Waals surface area contributed by atoms with Crippen molar-refractivity contribution < 1.29 is 13.6 Å². The number of amides is 1. The van der Waals surface area contributed by atoms with Gasteiger partial charge in [-0.05, 0) is 37.0 Å². The molecule has 1 saturated heterocycles. The molecule has 4 nitrogen and oxygen atoms in total. The van der Waals surface area contributed by atoms with E-state index in [4.69, 9.17) is 0 Å². The minimum atomic E-state index is -2.95. The minimum absolute atomic E-state index is 0.000510. The van der Waals surface area contributed by atoms with Crippen LogP contribution in [-0.4, -0.2) is 29.3 Å². The second kappa shape index (κ2) is 9.59. The summed E-state index contributed by atoms with van der Waals surface area (Å²) in [4.78, 5) is 16.1. The van der Waals surface area contributed by atoms with Gasteiger partial charge in [-0.3, -0.25) is 4.79 Å². The second-order valence-corrected chi connectivity index (χ2v) is 10.9. The van der Waals surface area contributed by atoms with E-state index < -0.39 is 17.5 Å². The molecule has 2 aliphatic rings. The number of thioether (sulfide) groups is 1. The number of carbonyl (C=O) groups is 1. The predicted octanol–water partition coefficient (Wildman–Crippen LogP) is 6.38. The summed E-state index contributed by atoms with van der Waals surface area (Å²) in [7, 11) is 0. The molecule has 3 aromatic rings. The van der Waals surface area contributed by atoms with Crippen LogP contribution >= 0.6 is 11.8 Å². The van der Waals surface area contributed by atoms with Crippen LogP contribution < -0.4 is 10.2 Å². The number of nitrogens with one attached hydrogen (secondary N) is 1. The van der Waals surface area contributed by atoms with Crippen molar-refractivity contribution in [3.8, 4) is 17.2 Å². The molecule has 2 fully saturated rings. The average molecular weight is 504 g/mol. The van der Waals surface area contributed by atoms with E-state index in [0.717, 1.165) is 23.7 Å². The number of anilines is 1. The van der Waals surface area contributed by atoms with Crippen molar-refractivity contribution in [3.63, 3.8) is 0 Å². The van der Waals surface area contributed by atoms with Crippen LogP contribution in [0, 0.1) is 11.3 Å². The highest BCUT2D eigenvalue weighted by Crippen LogP contribution is 2.43. The number of hydrogen-bond donors (Lipinski definition) is 1. The first kappa shape index (κ1) is 24.3. The quantitative estimate of drug-likeness (QED) is 0.407. The number of nitriles is 1. The van der Waals surface area contributed by atoms with Crippen LogP contribution in [0.15, 0.2) is 83.8 Å². The Kier molecular flexibility index (Phi) is 6.48. The molecule has 1 aliphatic carbocycles. The van der Waals surface area contributed by atoms with Crippen molar-refractivity contribution in [2.75, 3.05) is 11.4 Å². The SMILES string of the molecule is CC(F)(F)c1ccccc1SC1CC(C(=O)NC2(C#N)CC2)N(c2ccccc2-c2ccccc2)C1. The van der Waals surface area contributed by atoms with Gasteiger partial charge in [0.05, 0.1) is 6.07 Å². The number of halogens is 2. The Bertz CT molecular complexity index is 1300. The summed E-state index contributed by atoms with van der Waals surface area (Å²) >= 11 is 1.40. The lowest BCUT2D eigenvalue weighted by molar-refractivity contribution is -0.122. The Morgan fingerprint density at radius 1 is 1.06 bits per heavy atom. The smallest absolute Gasteiger partial charge is 0.271 e. The molecule has 1 amide bonds. The molecule has 1 N–H and O–H groups in total. The first-order valence-corrected chi connectivity index (χ1v) is 13.0. The van der Waals surface area contributed by atoms with Crippen molar-refractivity contribution in [1.82, 2.24) is 5.32 Å². The largest absolute Gasteiger partial charge is 0.358 e. The Morgan fingerprint density at radius 2 is 1.72 bits per heavy atom. The fourth-order valence-corrected chi connectivity index (χ4v) is 6.21. The molecule has 1 heterocycles. The number of benzene rings is 3. The lowest BCUT2D eigenvalue weighted by Gasteiger charge is -2.29. The maximum atomic E-state index is 14.3. The maximum Gasteiger partial charge on any atom is 0.271 e. The van der Waals surface area contributed by atoms with Gasteiger partial charge in [-0.15, -0.1) is 11.8 Å². The first-order valence-electron chi connectivity index (χ1n) is 12.1. The predicted molar refractivity (Wildman–Crippen MR) is 139 cm³/mol. The molecule has 3 aromatic carbocycles. The van der Waals surface area contributed by atoms with E-state index in [-0.39, 0.29) is 16.7 Å². The van der Waals surface area contributed by atoms with Crippen molar-refractivity contribution in [3.05, 3.63) is 84.4 Å². The van der Waals surface area contributed by atoms with Crippen LogP contribution in [0.2, 0.25) is 0 Å². The molecule has 2 unspecified atom stereocenters. The second-order valence-electron chi connectivity index (χ2n) is 9.59. The molecule has 1 saturated carbocycles. The Balaban J connectivity index is 1.48. The van der Waals surface area contributed by atoms with E-state index in [0.29, 0.717) is 30.7 Å². The molecule has 0 aromatic heterocycles. The van der Waals surface area contributed by atoms with E-state index in [9.17, 15) is 18.8 Å². The molecule has 5 rings (SSSR count). The van der Waals surface area contributed by atoms with Crippen LogP contribution in [0.25, 0.3) is 11.1 Å². The zero-order chi connectivity index (χ0) is 25.3. The van der Waals surface area contributed by atoms with Crippen molar-refractivity contribution in [2.45, 2.75) is 53.8 Å². The summed E-state index contributed by atoms with van der Waals surface area (Å²) in [5, 5.41) is 12.4. The number of nitrogens with zero attached hydrogens (tertiary/aromatic N) is 2. The zero-order valence-electron chi connectivity index (χ0n) is 20.0. The number of carbonyl (C=O) groups excluding carboxylic acids is 1. The standard InChI is InChI=1S/C29H27F2N3OS/c1-28(30,31)23-12-6-8-14-26(23)36-21-17-25(27(35)33-29(19-32)15-16-29)34(18-21)24-13-7-5-11-22(24)20-9-3-2-4-10-20/h2-14,21,25H,15-18H2,1H3,(H,33,35). The summed E-state index contributed by atoms with van der Waals surface area (Å²) in [6.45, 7) is 1.44. The Hall–Kier alpha value is -3.37. The molecule has 184 valence electrons. The van der Waals surface area contributed by atoms with Gasteiger partial charge in [0.15, 0.2) is 0 Å². The summed E-state index contributed by atoms with van der Waals surface area (Å²) in [5.74, 6) is -3.14. The molecule has 0 bridgehead atoms. The monoisotopic (exact) mass is 503 g/mol. The number of hydrogen-bond acceptors (Lipinski definition) is 4. The van der Waals surface area contributed by atoms with Crippen molar-refractivity contribution >= 4 is 23.4 Å². The average Bonchev–Trinajstić information content (AvgIpc) is 3.53. The number of para-hydroxylation sites is 1. The normalized spacial score (nSPS) is 20.6. The number of rotatable bonds is 7. The van der Waals surface area contributed by atoms with Crippen LogP contribution in [0.1, 0.15) is 31.7 Å². The van der Waals surface area contributed by atoms with Gasteiger partial charge in [-0.2, -0.15) is 5.26 Å². The molecule has 1 aliphatic heterocycles. The van der Waals surface area contributed by atoms with E-state index in [1.165, 1.54) is 17.8 Å². The Morgan fingerprint density at radius 3 is 2.42 bits per heavy atom. The molecule has 0 radical (unpaired) electrons. The van der Waals surface area contributed by atoms with Gasteiger partial charge in [-0.1, -0.05) is 66.7 Å². The maximum absolute atomic E-state index is 14.3. The molecular weight excluding hydrogens is 476 g/mol. The molecule has 0 spiro atoms. The third-order valence-corrected chi connectivity index (χ3v) is 8.13. The van der Waals surface area contributed by atoms with Gasteiger partial charge in [0.2, 0.25) is 5.91 Å². The van der Waals surface area contributed by atoms with Crippen LogP contribution in [0.5, 0.6) is 0 Å². The highest BCUT2D eigenvalue weighted by atomic mass is 32.2. The van der Waals surface area contributed by atoms with E-state index >= 15 is 0 Å². The van der Waals surface area contributed by atoms with Crippen LogP contribution in [0.4, 0.5) is 14.5 Å². The van der Waals surface area contributed by atoms with Gasteiger partial charge in [0.25, 0.3) is 5.92 Å². The van der Waals surface area contributed by atoms with Gasteiger partial charge in [-0.25, -0.2) is 8.78 Å². The van der Waals surface area contributed by atoms with E-state index in [1.54, 1.807) is 18.2 Å². The third-order valence-electron chi connectivity index (χ3n) is 6.84. The third kappa shape index (κ3) is 4.96. The summed E-state index contributed by atoms with van der Waals surface area (Å²) in [6.07, 6.45) is 1.80. The van der Waals surface area contributed by atoms with E-state index in [1.807, 2.05) is 54.6 Å². The molecule has 7 heteroatoms. The molecular formula is C29H27F2N3OS. The summed E-state index contributed by atoms with van der Waals surface area (Å²) in [6, 6.07) is 26.2. The topological polar surface area (TPSA) is 56.1 Å².